The Kier molecular flexibility index (Phi) is 7.08. The lowest BCUT2D eigenvalue weighted by molar-refractivity contribution is -0.116. The standard InChI is InChI=1S/C17H21N3O5S2/c1-2-18-26(22,23)16-10-8-14(9-11-16)20-17(21)12-13-19-27(24,25)15-6-4-3-5-7-15/h3-11,18-19H,2,12-13H2,1H3,(H,20,21). The number of sulfonamides is 2. The van der Waals surface area contributed by atoms with E-state index in [9.17, 15) is 21.6 Å². The maximum Gasteiger partial charge on any atom is 0.240 e. The Labute approximate surface area is 159 Å². The number of benzene rings is 2. The van der Waals surface area contributed by atoms with Gasteiger partial charge >= 0.3 is 0 Å². The fourth-order valence-electron chi connectivity index (χ4n) is 2.20. The predicted molar refractivity (Wildman–Crippen MR) is 102 cm³/mol. The van der Waals surface area contributed by atoms with Gasteiger partial charge in [-0.25, -0.2) is 26.3 Å². The van der Waals surface area contributed by atoms with Crippen LogP contribution in [0.2, 0.25) is 0 Å². The smallest absolute Gasteiger partial charge is 0.240 e. The van der Waals surface area contributed by atoms with Crippen LogP contribution in [-0.2, 0) is 24.8 Å². The van der Waals surface area contributed by atoms with Gasteiger partial charge in [0.25, 0.3) is 0 Å². The number of anilines is 1. The van der Waals surface area contributed by atoms with Crippen molar-refractivity contribution in [2.45, 2.75) is 23.1 Å². The lowest BCUT2D eigenvalue weighted by atomic mass is 10.3. The van der Waals surface area contributed by atoms with Crippen LogP contribution in [0.5, 0.6) is 0 Å². The number of hydrogen-bond donors (Lipinski definition) is 3. The van der Waals surface area contributed by atoms with Gasteiger partial charge in [-0.05, 0) is 36.4 Å². The molecule has 0 atom stereocenters. The van der Waals surface area contributed by atoms with Gasteiger partial charge in [-0.3, -0.25) is 4.79 Å². The molecule has 3 N–H and O–H groups in total. The number of rotatable bonds is 9. The summed E-state index contributed by atoms with van der Waals surface area (Å²) in [6.07, 6.45) is -0.0660. The van der Waals surface area contributed by atoms with Crippen molar-refractivity contribution in [1.82, 2.24) is 9.44 Å². The van der Waals surface area contributed by atoms with E-state index in [0.29, 0.717) is 5.69 Å². The van der Waals surface area contributed by atoms with Crippen molar-refractivity contribution in [3.63, 3.8) is 0 Å². The van der Waals surface area contributed by atoms with Crippen molar-refractivity contribution in [1.29, 1.82) is 0 Å². The summed E-state index contributed by atoms with van der Waals surface area (Å²) in [5.41, 5.74) is 0.418. The summed E-state index contributed by atoms with van der Waals surface area (Å²) in [4.78, 5) is 12.2. The second kappa shape index (κ2) is 9.09. The molecule has 27 heavy (non-hydrogen) atoms. The predicted octanol–water partition coefficient (Wildman–Crippen LogP) is 1.29. The van der Waals surface area contributed by atoms with Crippen LogP contribution in [0.15, 0.2) is 64.4 Å². The molecule has 146 valence electrons. The van der Waals surface area contributed by atoms with Gasteiger partial charge in [-0.1, -0.05) is 25.1 Å². The maximum atomic E-state index is 12.1. The highest BCUT2D eigenvalue weighted by atomic mass is 32.2. The van der Waals surface area contributed by atoms with Crippen LogP contribution >= 0.6 is 0 Å². The summed E-state index contributed by atoms with van der Waals surface area (Å²) in [7, 11) is -7.21. The molecule has 0 saturated heterocycles. The van der Waals surface area contributed by atoms with E-state index < -0.39 is 26.0 Å². The van der Waals surface area contributed by atoms with Crippen LogP contribution in [-0.4, -0.2) is 35.8 Å². The molecule has 2 aromatic rings. The minimum atomic E-state index is -3.66. The van der Waals surface area contributed by atoms with Gasteiger partial charge in [0.2, 0.25) is 26.0 Å². The highest BCUT2D eigenvalue weighted by molar-refractivity contribution is 7.89. The van der Waals surface area contributed by atoms with Crippen LogP contribution in [0.25, 0.3) is 0 Å². The monoisotopic (exact) mass is 411 g/mol. The SMILES string of the molecule is CCNS(=O)(=O)c1ccc(NC(=O)CCNS(=O)(=O)c2ccccc2)cc1. The molecule has 0 radical (unpaired) electrons. The van der Waals surface area contributed by atoms with Crippen molar-refractivity contribution in [3.05, 3.63) is 54.6 Å². The minimum Gasteiger partial charge on any atom is -0.326 e. The van der Waals surface area contributed by atoms with E-state index >= 15 is 0 Å². The highest BCUT2D eigenvalue weighted by Gasteiger charge is 2.14. The van der Waals surface area contributed by atoms with Crippen molar-refractivity contribution in [2.24, 2.45) is 0 Å². The molecule has 0 fully saturated rings. The molecule has 0 heterocycles. The number of hydrogen-bond acceptors (Lipinski definition) is 5. The molecule has 8 nitrogen and oxygen atoms in total. The molecular weight excluding hydrogens is 390 g/mol. The summed E-state index contributed by atoms with van der Waals surface area (Å²) in [5.74, 6) is -0.395. The molecule has 2 rings (SSSR count). The molecule has 0 aliphatic rings. The molecule has 1 amide bonds. The Morgan fingerprint density at radius 1 is 0.815 bits per heavy atom. The molecule has 0 aliphatic heterocycles. The van der Waals surface area contributed by atoms with Crippen LogP contribution in [0.3, 0.4) is 0 Å². The van der Waals surface area contributed by atoms with Gasteiger partial charge in [0.15, 0.2) is 0 Å². The lowest BCUT2D eigenvalue weighted by Crippen LogP contribution is -2.27. The van der Waals surface area contributed by atoms with Crippen LogP contribution in [0, 0.1) is 0 Å². The average Bonchev–Trinajstić information content (AvgIpc) is 2.63. The molecule has 0 saturated carbocycles. The zero-order chi connectivity index (χ0) is 19.9. The number of nitrogens with one attached hydrogen (secondary N) is 3. The first kappa shape index (κ1) is 21.0. The summed E-state index contributed by atoms with van der Waals surface area (Å²) >= 11 is 0. The molecule has 0 bridgehead atoms. The maximum absolute atomic E-state index is 12.1. The van der Waals surface area contributed by atoms with Gasteiger partial charge in [0, 0.05) is 25.2 Å². The van der Waals surface area contributed by atoms with Gasteiger partial charge < -0.3 is 5.32 Å². The average molecular weight is 412 g/mol. The van der Waals surface area contributed by atoms with E-state index in [-0.39, 0.29) is 29.3 Å². The molecule has 0 unspecified atom stereocenters. The molecule has 0 aromatic heterocycles. The molecule has 0 spiro atoms. The van der Waals surface area contributed by atoms with E-state index in [4.69, 9.17) is 0 Å². The Bertz CT molecular complexity index is 973. The number of carbonyl (C=O) groups is 1. The van der Waals surface area contributed by atoms with E-state index in [2.05, 4.69) is 14.8 Å². The Hall–Kier alpha value is -2.27. The molecular formula is C17H21N3O5S2. The number of carbonyl (C=O) groups excluding carboxylic acids is 1. The van der Waals surface area contributed by atoms with Crippen LogP contribution in [0.4, 0.5) is 5.69 Å². The second-order valence-electron chi connectivity index (χ2n) is 5.53. The van der Waals surface area contributed by atoms with Crippen molar-refractivity contribution in [3.8, 4) is 0 Å². The Morgan fingerprint density at radius 3 is 1.96 bits per heavy atom. The Morgan fingerprint density at radius 2 is 1.37 bits per heavy atom. The van der Waals surface area contributed by atoms with E-state index in [1.54, 1.807) is 25.1 Å². The third-order valence-electron chi connectivity index (χ3n) is 3.48. The highest BCUT2D eigenvalue weighted by Crippen LogP contribution is 2.14. The first-order chi connectivity index (χ1) is 12.7. The molecule has 2 aromatic carbocycles. The van der Waals surface area contributed by atoms with Gasteiger partial charge in [0.1, 0.15) is 0 Å². The summed E-state index contributed by atoms with van der Waals surface area (Å²) in [6, 6.07) is 13.6. The van der Waals surface area contributed by atoms with Gasteiger partial charge in [-0.15, -0.1) is 0 Å². The minimum absolute atomic E-state index is 0.0596. The van der Waals surface area contributed by atoms with Crippen molar-refractivity contribution >= 4 is 31.6 Å². The van der Waals surface area contributed by atoms with Gasteiger partial charge in [0.05, 0.1) is 9.79 Å². The normalized spacial score (nSPS) is 11.9. The fourth-order valence-corrected chi connectivity index (χ4v) is 4.29. The second-order valence-corrected chi connectivity index (χ2v) is 9.07. The zero-order valence-corrected chi connectivity index (χ0v) is 16.3. The van der Waals surface area contributed by atoms with E-state index in [0.717, 1.165) is 0 Å². The van der Waals surface area contributed by atoms with E-state index in [1.165, 1.54) is 36.4 Å². The third kappa shape index (κ3) is 6.14. The first-order valence-electron chi connectivity index (χ1n) is 8.19. The van der Waals surface area contributed by atoms with Crippen molar-refractivity contribution in [2.75, 3.05) is 18.4 Å². The molecule has 10 heteroatoms. The van der Waals surface area contributed by atoms with Crippen molar-refractivity contribution < 1.29 is 21.6 Å². The summed E-state index contributed by atoms with van der Waals surface area (Å²) < 4.78 is 52.5. The summed E-state index contributed by atoms with van der Waals surface area (Å²) in [5, 5.41) is 2.59. The summed E-state index contributed by atoms with van der Waals surface area (Å²) in [6.45, 7) is 1.90. The topological polar surface area (TPSA) is 121 Å². The quantitative estimate of drug-likeness (QED) is 0.574. The number of amides is 1. The van der Waals surface area contributed by atoms with Crippen LogP contribution < -0.4 is 14.8 Å². The third-order valence-corrected chi connectivity index (χ3v) is 6.52. The lowest BCUT2D eigenvalue weighted by Gasteiger charge is -2.09. The van der Waals surface area contributed by atoms with E-state index in [1.807, 2.05) is 0 Å². The molecule has 0 aliphatic carbocycles. The van der Waals surface area contributed by atoms with Crippen LogP contribution in [0.1, 0.15) is 13.3 Å². The largest absolute Gasteiger partial charge is 0.326 e. The first-order valence-corrected chi connectivity index (χ1v) is 11.2. The zero-order valence-electron chi connectivity index (χ0n) is 14.7. The Balaban J connectivity index is 1.87. The fraction of sp³-hybridized carbons (Fsp3) is 0.235. The van der Waals surface area contributed by atoms with Gasteiger partial charge in [-0.2, -0.15) is 0 Å².